The highest BCUT2D eigenvalue weighted by molar-refractivity contribution is 5.95. The number of rotatable bonds is 6. The lowest BCUT2D eigenvalue weighted by molar-refractivity contribution is -0.269. The van der Waals surface area contributed by atoms with Crippen molar-refractivity contribution in [3.8, 4) is 17.2 Å². The highest BCUT2D eigenvalue weighted by atomic mass is 19.4. The van der Waals surface area contributed by atoms with Gasteiger partial charge in [0, 0.05) is 11.9 Å². The number of nitrogens with zero attached hydrogens (tertiary/aromatic N) is 5. The van der Waals surface area contributed by atoms with Gasteiger partial charge in [-0.25, -0.2) is 4.98 Å². The topological polar surface area (TPSA) is 87.6 Å². The Labute approximate surface area is 187 Å². The molecule has 2 aromatic carbocycles. The zero-order chi connectivity index (χ0) is 23.6. The summed E-state index contributed by atoms with van der Waals surface area (Å²) in [6, 6.07) is 19.2. The Morgan fingerprint density at radius 1 is 1.09 bits per heavy atom. The molecular formula is C24H20F3N5O. The summed E-state index contributed by atoms with van der Waals surface area (Å²) in [4.78, 5) is 4.42. The molecule has 0 amide bonds. The van der Waals surface area contributed by atoms with Crippen molar-refractivity contribution in [2.24, 2.45) is 0 Å². The van der Waals surface area contributed by atoms with E-state index in [1.54, 1.807) is 6.07 Å². The van der Waals surface area contributed by atoms with Crippen molar-refractivity contribution in [2.45, 2.75) is 38.1 Å². The summed E-state index contributed by atoms with van der Waals surface area (Å²) in [5.41, 5.74) is 0.145. The van der Waals surface area contributed by atoms with Crippen molar-refractivity contribution in [3.05, 3.63) is 77.7 Å². The molecule has 0 fully saturated rings. The molecule has 2 heterocycles. The molecule has 1 atom stereocenters. The summed E-state index contributed by atoms with van der Waals surface area (Å²) in [6.45, 7) is 1.51. The Kier molecular flexibility index (Phi) is 5.87. The second kappa shape index (κ2) is 8.64. The van der Waals surface area contributed by atoms with Gasteiger partial charge in [-0.15, -0.1) is 5.10 Å². The molecule has 0 spiro atoms. The average molecular weight is 451 g/mol. The monoisotopic (exact) mass is 451 g/mol. The molecule has 0 aliphatic carbocycles. The maximum Gasteiger partial charge on any atom is 0.423 e. The molecule has 1 unspecified atom stereocenters. The van der Waals surface area contributed by atoms with Crippen molar-refractivity contribution < 1.29 is 18.3 Å². The second-order valence-electron chi connectivity index (χ2n) is 7.71. The molecule has 168 valence electrons. The third-order valence-corrected chi connectivity index (χ3v) is 5.65. The zero-order valence-corrected chi connectivity index (χ0v) is 17.7. The fourth-order valence-corrected chi connectivity index (χ4v) is 3.71. The zero-order valence-electron chi connectivity index (χ0n) is 17.7. The summed E-state index contributed by atoms with van der Waals surface area (Å²) >= 11 is 0. The van der Waals surface area contributed by atoms with Crippen LogP contribution in [0.3, 0.4) is 0 Å². The molecule has 0 radical (unpaired) electrons. The predicted octanol–water partition coefficient (Wildman–Crippen LogP) is 4.77. The van der Waals surface area contributed by atoms with Gasteiger partial charge in [-0.1, -0.05) is 54.6 Å². The molecule has 0 aliphatic rings. The Morgan fingerprint density at radius 2 is 1.85 bits per heavy atom. The Balaban J connectivity index is 1.60. The predicted molar refractivity (Wildman–Crippen MR) is 116 cm³/mol. The highest BCUT2D eigenvalue weighted by Gasteiger charge is 2.55. The van der Waals surface area contributed by atoms with Crippen molar-refractivity contribution in [3.63, 3.8) is 0 Å². The number of hydrogen-bond donors (Lipinski definition) is 1. The first kappa shape index (κ1) is 22.4. The average Bonchev–Trinajstić information content (AvgIpc) is 3.30. The van der Waals surface area contributed by atoms with E-state index < -0.39 is 23.9 Å². The van der Waals surface area contributed by atoms with Crippen LogP contribution in [-0.2, 0) is 18.6 Å². The van der Waals surface area contributed by atoms with Crippen molar-refractivity contribution in [2.75, 3.05) is 0 Å². The second-order valence-corrected chi connectivity index (χ2v) is 7.71. The Morgan fingerprint density at radius 3 is 2.52 bits per heavy atom. The van der Waals surface area contributed by atoms with Crippen LogP contribution in [0.15, 0.2) is 60.8 Å². The van der Waals surface area contributed by atoms with Crippen LogP contribution in [0.1, 0.15) is 30.3 Å². The third kappa shape index (κ3) is 4.30. The largest absolute Gasteiger partial charge is 0.423 e. The standard InChI is InChI=1S/C24H20F3N5O/c1-2-23(33,24(25,26)27)22-15-32(31-30-22)11-10-16-8-9-19-20(17-6-4-3-5-7-17)13-18(14-28)29-21(19)12-16/h3-9,12-13,15,33H,2,10-11H2,1H3. The maximum atomic E-state index is 13.3. The quantitative estimate of drug-likeness (QED) is 0.456. The lowest BCUT2D eigenvalue weighted by atomic mass is 9.96. The smallest absolute Gasteiger partial charge is 0.375 e. The van der Waals surface area contributed by atoms with Gasteiger partial charge >= 0.3 is 6.18 Å². The first-order valence-corrected chi connectivity index (χ1v) is 10.3. The number of fused-ring (bicyclic) bond motifs is 1. The van der Waals surface area contributed by atoms with Gasteiger partial charge in [0.25, 0.3) is 0 Å². The van der Waals surface area contributed by atoms with Gasteiger partial charge in [0.2, 0.25) is 5.60 Å². The first-order chi connectivity index (χ1) is 15.7. The number of aromatic nitrogens is 4. The molecule has 9 heteroatoms. The van der Waals surface area contributed by atoms with Crippen LogP contribution in [0.4, 0.5) is 13.2 Å². The summed E-state index contributed by atoms with van der Waals surface area (Å²) < 4.78 is 41.1. The van der Waals surface area contributed by atoms with Crippen LogP contribution < -0.4 is 0 Å². The number of aliphatic hydroxyl groups is 1. The van der Waals surface area contributed by atoms with E-state index in [1.807, 2.05) is 48.5 Å². The number of pyridine rings is 1. The minimum atomic E-state index is -4.85. The fourth-order valence-electron chi connectivity index (χ4n) is 3.71. The minimum absolute atomic E-state index is 0.264. The molecule has 0 saturated heterocycles. The summed E-state index contributed by atoms with van der Waals surface area (Å²) in [5.74, 6) is 0. The molecule has 2 aromatic heterocycles. The molecule has 33 heavy (non-hydrogen) atoms. The minimum Gasteiger partial charge on any atom is -0.375 e. The third-order valence-electron chi connectivity index (χ3n) is 5.65. The number of alkyl halides is 3. The van der Waals surface area contributed by atoms with E-state index in [-0.39, 0.29) is 6.54 Å². The molecule has 4 rings (SSSR count). The highest BCUT2D eigenvalue weighted by Crippen LogP contribution is 2.40. The van der Waals surface area contributed by atoms with E-state index in [4.69, 9.17) is 0 Å². The maximum absolute atomic E-state index is 13.3. The normalized spacial score (nSPS) is 13.6. The van der Waals surface area contributed by atoms with E-state index in [1.165, 1.54) is 11.6 Å². The molecular weight excluding hydrogens is 431 g/mol. The van der Waals surface area contributed by atoms with Gasteiger partial charge < -0.3 is 5.11 Å². The lowest BCUT2D eigenvalue weighted by Gasteiger charge is -2.26. The van der Waals surface area contributed by atoms with Crippen molar-refractivity contribution in [1.29, 1.82) is 5.26 Å². The molecule has 0 aliphatic heterocycles. The van der Waals surface area contributed by atoms with E-state index in [9.17, 15) is 23.5 Å². The summed E-state index contributed by atoms with van der Waals surface area (Å²) in [6.07, 6.45) is -3.83. The number of benzene rings is 2. The molecule has 4 aromatic rings. The van der Waals surface area contributed by atoms with E-state index in [2.05, 4.69) is 21.4 Å². The van der Waals surface area contributed by atoms with Gasteiger partial charge in [-0.2, -0.15) is 18.4 Å². The van der Waals surface area contributed by atoms with Gasteiger partial charge in [-0.3, -0.25) is 4.68 Å². The van der Waals surface area contributed by atoms with Crippen LogP contribution in [0.2, 0.25) is 0 Å². The Bertz CT molecular complexity index is 1330. The van der Waals surface area contributed by atoms with E-state index in [0.29, 0.717) is 17.6 Å². The van der Waals surface area contributed by atoms with Crippen LogP contribution in [0.5, 0.6) is 0 Å². The number of hydrogen-bond acceptors (Lipinski definition) is 5. The molecule has 0 bridgehead atoms. The van der Waals surface area contributed by atoms with Gasteiger partial charge in [0.15, 0.2) is 0 Å². The summed E-state index contributed by atoms with van der Waals surface area (Å²) in [5, 5.41) is 27.6. The van der Waals surface area contributed by atoms with Crippen LogP contribution >= 0.6 is 0 Å². The SMILES string of the molecule is CCC(O)(c1cn(CCc2ccc3c(-c4ccccc4)cc(C#N)nc3c2)nn1)C(F)(F)F. The van der Waals surface area contributed by atoms with Crippen molar-refractivity contribution in [1.82, 2.24) is 20.0 Å². The van der Waals surface area contributed by atoms with E-state index >= 15 is 0 Å². The first-order valence-electron chi connectivity index (χ1n) is 10.3. The van der Waals surface area contributed by atoms with Crippen molar-refractivity contribution >= 4 is 10.9 Å². The van der Waals surface area contributed by atoms with E-state index in [0.717, 1.165) is 28.3 Å². The van der Waals surface area contributed by atoms with Gasteiger partial charge in [0.1, 0.15) is 17.5 Å². The van der Waals surface area contributed by atoms with Gasteiger partial charge in [0.05, 0.1) is 11.7 Å². The molecule has 6 nitrogen and oxygen atoms in total. The molecule has 1 N–H and O–H groups in total. The number of halogens is 3. The van der Waals surface area contributed by atoms with Crippen LogP contribution in [0, 0.1) is 11.3 Å². The lowest BCUT2D eigenvalue weighted by Crippen LogP contribution is -2.42. The fraction of sp³-hybridized carbons (Fsp3) is 0.250. The number of aryl methyl sites for hydroxylation is 2. The number of nitriles is 1. The molecule has 0 saturated carbocycles. The Hall–Kier alpha value is -3.77. The van der Waals surface area contributed by atoms with Crippen LogP contribution in [0.25, 0.3) is 22.0 Å². The summed E-state index contributed by atoms with van der Waals surface area (Å²) in [7, 11) is 0. The van der Waals surface area contributed by atoms with Crippen LogP contribution in [-0.4, -0.2) is 31.3 Å². The van der Waals surface area contributed by atoms with Gasteiger partial charge in [-0.05, 0) is 41.7 Å².